The Morgan fingerprint density at radius 1 is 1.27 bits per heavy atom. The highest BCUT2D eigenvalue weighted by Gasteiger charge is 2.19. The molecule has 0 saturated carbocycles. The summed E-state index contributed by atoms with van der Waals surface area (Å²) >= 11 is 0. The van der Waals surface area contributed by atoms with Crippen molar-refractivity contribution in [3.8, 4) is 0 Å². The van der Waals surface area contributed by atoms with E-state index in [1.54, 1.807) is 0 Å². The molecule has 5 nitrogen and oxygen atoms in total. The highest BCUT2D eigenvalue weighted by atomic mass is 16.5. The van der Waals surface area contributed by atoms with E-state index in [2.05, 4.69) is 34.5 Å². The van der Waals surface area contributed by atoms with Crippen molar-refractivity contribution in [2.24, 2.45) is 0 Å². The maximum absolute atomic E-state index is 11.5. The maximum atomic E-state index is 11.5. The van der Waals surface area contributed by atoms with Gasteiger partial charge in [-0.3, -0.25) is 5.21 Å². The Bertz CT molecular complexity index is 671. The monoisotopic (exact) mass is 297 g/mol. The van der Waals surface area contributed by atoms with Crippen molar-refractivity contribution >= 4 is 17.4 Å². The number of rotatable bonds is 3. The summed E-state index contributed by atoms with van der Waals surface area (Å²) in [6, 6.07) is 15.7. The van der Waals surface area contributed by atoms with Gasteiger partial charge in [0.05, 0.1) is 0 Å². The molecule has 0 unspecified atom stereocenters. The minimum Gasteiger partial charge on any atom is -0.367 e. The zero-order chi connectivity index (χ0) is 15.5. The Balaban J connectivity index is 1.74. The van der Waals surface area contributed by atoms with Crippen molar-refractivity contribution in [3.63, 3.8) is 0 Å². The first-order valence-corrected chi connectivity index (χ1v) is 7.29. The smallest absolute Gasteiger partial charge is 0.345 e. The van der Waals surface area contributed by atoms with Crippen molar-refractivity contribution < 1.29 is 10.0 Å². The van der Waals surface area contributed by atoms with Gasteiger partial charge in [-0.2, -0.15) is 0 Å². The van der Waals surface area contributed by atoms with Gasteiger partial charge in [0.2, 0.25) is 0 Å². The van der Waals surface area contributed by atoms with Crippen molar-refractivity contribution in [2.45, 2.75) is 13.0 Å². The summed E-state index contributed by atoms with van der Waals surface area (Å²) in [7, 11) is 1.30. The van der Waals surface area contributed by atoms with Gasteiger partial charge in [0.25, 0.3) is 0 Å². The summed E-state index contributed by atoms with van der Waals surface area (Å²) in [5.41, 5.74) is 4.41. The van der Waals surface area contributed by atoms with Gasteiger partial charge in [-0.1, -0.05) is 30.3 Å². The lowest BCUT2D eigenvalue weighted by Crippen LogP contribution is -2.27. The van der Waals surface area contributed by atoms with Gasteiger partial charge < -0.3 is 10.2 Å². The third-order valence-corrected chi connectivity index (χ3v) is 3.83. The van der Waals surface area contributed by atoms with E-state index in [1.807, 2.05) is 24.3 Å². The lowest BCUT2D eigenvalue weighted by atomic mass is 10.1. The minimum atomic E-state index is -0.543. The summed E-state index contributed by atoms with van der Waals surface area (Å²) in [5, 5.41) is 12.3. The van der Waals surface area contributed by atoms with E-state index in [1.165, 1.54) is 23.9 Å². The molecule has 0 aromatic heterocycles. The van der Waals surface area contributed by atoms with Crippen LogP contribution in [0.4, 0.5) is 16.2 Å². The van der Waals surface area contributed by atoms with Gasteiger partial charge in [-0.25, -0.2) is 9.86 Å². The molecule has 0 atom stereocenters. The van der Waals surface area contributed by atoms with Crippen LogP contribution in [0.2, 0.25) is 0 Å². The molecule has 0 spiro atoms. The molecule has 0 saturated heterocycles. The fourth-order valence-corrected chi connectivity index (χ4v) is 2.72. The van der Waals surface area contributed by atoms with Crippen molar-refractivity contribution in [1.82, 2.24) is 5.06 Å². The van der Waals surface area contributed by atoms with Crippen LogP contribution in [0.3, 0.4) is 0 Å². The summed E-state index contributed by atoms with van der Waals surface area (Å²) in [6.07, 6.45) is 0.959. The van der Waals surface area contributed by atoms with E-state index in [9.17, 15) is 4.79 Å². The molecular weight excluding hydrogens is 278 g/mol. The van der Waals surface area contributed by atoms with E-state index < -0.39 is 6.03 Å². The number of hydrogen-bond acceptors (Lipinski definition) is 3. The minimum absolute atomic E-state index is 0.537. The first-order chi connectivity index (χ1) is 10.6. The topological polar surface area (TPSA) is 55.8 Å². The van der Waals surface area contributed by atoms with Crippen LogP contribution >= 0.6 is 0 Å². The number of carbonyl (C=O) groups is 1. The van der Waals surface area contributed by atoms with Crippen LogP contribution in [0.1, 0.15) is 11.1 Å². The van der Waals surface area contributed by atoms with E-state index in [0.717, 1.165) is 19.5 Å². The van der Waals surface area contributed by atoms with Crippen molar-refractivity contribution in [3.05, 3.63) is 59.7 Å². The molecule has 1 aliphatic rings. The number of hydroxylamine groups is 2. The fourth-order valence-electron chi connectivity index (χ4n) is 2.72. The average Bonchev–Trinajstić information content (AvgIpc) is 2.90. The third-order valence-electron chi connectivity index (χ3n) is 3.83. The molecule has 2 aromatic rings. The Kier molecular flexibility index (Phi) is 3.98. The van der Waals surface area contributed by atoms with Gasteiger partial charge in [-0.05, 0) is 35.7 Å². The summed E-state index contributed by atoms with van der Waals surface area (Å²) in [6.45, 7) is 1.86. The number of anilines is 2. The average molecular weight is 297 g/mol. The number of hydrogen-bond donors (Lipinski definition) is 2. The Hall–Kier alpha value is -2.53. The van der Waals surface area contributed by atoms with Gasteiger partial charge in [0.15, 0.2) is 0 Å². The van der Waals surface area contributed by atoms with Crippen LogP contribution in [-0.4, -0.2) is 29.9 Å². The molecule has 114 valence electrons. The lowest BCUT2D eigenvalue weighted by molar-refractivity contribution is -0.0118. The number of amides is 2. The zero-order valence-corrected chi connectivity index (χ0v) is 12.5. The van der Waals surface area contributed by atoms with Crippen LogP contribution < -0.4 is 10.2 Å². The number of carbonyl (C=O) groups excluding carboxylic acids is 1. The van der Waals surface area contributed by atoms with Crippen LogP contribution in [-0.2, 0) is 13.0 Å². The van der Waals surface area contributed by atoms with Crippen LogP contribution in [0.15, 0.2) is 48.5 Å². The van der Waals surface area contributed by atoms with E-state index in [-0.39, 0.29) is 0 Å². The molecule has 5 heteroatoms. The SMILES string of the molecule is CN(O)C(=O)Nc1ccc2c(c1)CCN2Cc1ccccc1. The molecule has 0 bridgehead atoms. The second-order valence-corrected chi connectivity index (χ2v) is 5.45. The van der Waals surface area contributed by atoms with Crippen LogP contribution in [0.25, 0.3) is 0 Å². The van der Waals surface area contributed by atoms with Gasteiger partial charge in [0, 0.05) is 31.5 Å². The molecule has 0 radical (unpaired) electrons. The largest absolute Gasteiger partial charge is 0.367 e. The van der Waals surface area contributed by atoms with Crippen LogP contribution in [0, 0.1) is 0 Å². The quantitative estimate of drug-likeness (QED) is 0.676. The zero-order valence-electron chi connectivity index (χ0n) is 12.5. The third kappa shape index (κ3) is 3.04. The first-order valence-electron chi connectivity index (χ1n) is 7.29. The number of fused-ring (bicyclic) bond motifs is 1. The molecule has 2 N–H and O–H groups in total. The first kappa shape index (κ1) is 14.4. The van der Waals surface area contributed by atoms with Gasteiger partial charge in [-0.15, -0.1) is 0 Å². The highest BCUT2D eigenvalue weighted by Crippen LogP contribution is 2.31. The Morgan fingerprint density at radius 3 is 2.77 bits per heavy atom. The molecule has 0 fully saturated rings. The number of nitrogens with zero attached hydrogens (tertiary/aromatic N) is 2. The molecule has 2 amide bonds. The van der Waals surface area contributed by atoms with Crippen molar-refractivity contribution in [1.29, 1.82) is 0 Å². The molecule has 3 rings (SSSR count). The standard InChI is InChI=1S/C17H19N3O2/c1-19(22)17(21)18-15-7-8-16-14(11-15)9-10-20(16)12-13-5-3-2-4-6-13/h2-8,11,22H,9-10,12H2,1H3,(H,18,21). The highest BCUT2D eigenvalue weighted by molar-refractivity contribution is 5.88. The summed E-state index contributed by atoms with van der Waals surface area (Å²) in [5.74, 6) is 0. The van der Waals surface area contributed by atoms with E-state index in [4.69, 9.17) is 5.21 Å². The number of benzene rings is 2. The normalized spacial score (nSPS) is 12.9. The predicted octanol–water partition coefficient (Wildman–Crippen LogP) is 3.10. The molecule has 2 aromatic carbocycles. The van der Waals surface area contributed by atoms with E-state index >= 15 is 0 Å². The van der Waals surface area contributed by atoms with Crippen molar-refractivity contribution in [2.75, 3.05) is 23.8 Å². The molecule has 1 heterocycles. The lowest BCUT2D eigenvalue weighted by Gasteiger charge is -2.20. The summed E-state index contributed by atoms with van der Waals surface area (Å²) in [4.78, 5) is 13.8. The second-order valence-electron chi connectivity index (χ2n) is 5.45. The van der Waals surface area contributed by atoms with Gasteiger partial charge in [0.1, 0.15) is 0 Å². The number of nitrogens with one attached hydrogen (secondary N) is 1. The predicted molar refractivity (Wildman–Crippen MR) is 86.2 cm³/mol. The second kappa shape index (κ2) is 6.07. The summed E-state index contributed by atoms with van der Waals surface area (Å²) < 4.78 is 0. The Morgan fingerprint density at radius 2 is 2.05 bits per heavy atom. The van der Waals surface area contributed by atoms with E-state index in [0.29, 0.717) is 10.8 Å². The molecule has 1 aliphatic heterocycles. The van der Waals surface area contributed by atoms with Gasteiger partial charge >= 0.3 is 6.03 Å². The number of urea groups is 1. The maximum Gasteiger partial charge on any atom is 0.345 e. The van der Waals surface area contributed by atoms with Crippen LogP contribution in [0.5, 0.6) is 0 Å². The molecule has 0 aliphatic carbocycles. The molecular formula is C17H19N3O2. The molecule has 22 heavy (non-hydrogen) atoms. The fraction of sp³-hybridized carbons (Fsp3) is 0.235. The Labute approximate surface area is 129 Å².